The van der Waals surface area contributed by atoms with Gasteiger partial charge in [-0.1, -0.05) is 26.0 Å². The Balaban J connectivity index is 1.83. The molecule has 0 spiro atoms. The first-order valence-electron chi connectivity index (χ1n) is 9.04. The molecule has 0 radical (unpaired) electrons. The van der Waals surface area contributed by atoms with Gasteiger partial charge < -0.3 is 15.0 Å². The smallest absolute Gasteiger partial charge is 0.306 e. The maximum absolute atomic E-state index is 12.8. The Hall–Kier alpha value is -2.37. The number of carbonyl (C=O) groups excluding carboxylic acids is 1. The monoisotopic (exact) mass is 343 g/mol. The SMILES string of the molecule is CCCc1nc2ccccc2n1C(CC)C(=O)NC1CC(C(=O)O)C1. The van der Waals surface area contributed by atoms with Crippen LogP contribution < -0.4 is 5.32 Å². The third-order valence-electron chi connectivity index (χ3n) is 4.98. The van der Waals surface area contributed by atoms with Gasteiger partial charge in [-0.3, -0.25) is 9.59 Å². The standard InChI is InChI=1S/C19H25N3O3/c1-3-7-17-21-14-8-5-6-9-16(14)22(17)15(4-2)18(23)20-13-10-12(11-13)19(24)25/h5-6,8-9,12-13,15H,3-4,7,10-11H2,1-2H3,(H,20,23)(H,24,25). The molecule has 6 nitrogen and oxygen atoms in total. The molecule has 134 valence electrons. The van der Waals surface area contributed by atoms with Crippen LogP contribution in [-0.2, 0) is 16.0 Å². The summed E-state index contributed by atoms with van der Waals surface area (Å²) in [4.78, 5) is 28.5. The van der Waals surface area contributed by atoms with Crippen molar-refractivity contribution in [1.29, 1.82) is 0 Å². The lowest BCUT2D eigenvalue weighted by Gasteiger charge is -2.34. The minimum absolute atomic E-state index is 0.0351. The first-order chi connectivity index (χ1) is 12.0. The molecule has 2 aromatic rings. The molecule has 1 aromatic heterocycles. The molecule has 2 N–H and O–H groups in total. The van der Waals surface area contributed by atoms with Gasteiger partial charge in [0.15, 0.2) is 0 Å². The van der Waals surface area contributed by atoms with Gasteiger partial charge in [0.1, 0.15) is 11.9 Å². The van der Waals surface area contributed by atoms with Gasteiger partial charge in [-0.25, -0.2) is 4.98 Å². The highest BCUT2D eigenvalue weighted by molar-refractivity contribution is 5.85. The molecule has 0 saturated heterocycles. The number of amides is 1. The second-order valence-electron chi connectivity index (χ2n) is 6.77. The summed E-state index contributed by atoms with van der Waals surface area (Å²) in [6.45, 7) is 4.10. The number of aromatic nitrogens is 2. The molecular formula is C19H25N3O3. The van der Waals surface area contributed by atoms with Gasteiger partial charge in [0.2, 0.25) is 5.91 Å². The van der Waals surface area contributed by atoms with Crippen molar-refractivity contribution in [2.45, 2.75) is 58.0 Å². The lowest BCUT2D eigenvalue weighted by atomic mass is 9.80. The normalized spacial score (nSPS) is 20.9. The van der Waals surface area contributed by atoms with Gasteiger partial charge in [-0.2, -0.15) is 0 Å². The Kier molecular flexibility index (Phi) is 5.06. The van der Waals surface area contributed by atoms with Gasteiger partial charge in [0.05, 0.1) is 17.0 Å². The average molecular weight is 343 g/mol. The van der Waals surface area contributed by atoms with Crippen LogP contribution in [0.15, 0.2) is 24.3 Å². The number of carboxylic acid groups (broad SMARTS) is 1. The number of benzene rings is 1. The Morgan fingerprint density at radius 1 is 1.32 bits per heavy atom. The van der Waals surface area contributed by atoms with Crippen LogP contribution in [0.25, 0.3) is 11.0 Å². The summed E-state index contributed by atoms with van der Waals surface area (Å²) >= 11 is 0. The Morgan fingerprint density at radius 2 is 2.04 bits per heavy atom. The summed E-state index contributed by atoms with van der Waals surface area (Å²) in [5.74, 6) is -0.210. The molecular weight excluding hydrogens is 318 g/mol. The molecule has 1 atom stereocenters. The maximum atomic E-state index is 12.8. The van der Waals surface area contributed by atoms with Crippen molar-refractivity contribution in [1.82, 2.24) is 14.9 Å². The van der Waals surface area contributed by atoms with Gasteiger partial charge in [-0.15, -0.1) is 0 Å². The quantitative estimate of drug-likeness (QED) is 0.809. The van der Waals surface area contributed by atoms with Crippen LogP contribution >= 0.6 is 0 Å². The Bertz CT molecular complexity index is 777. The van der Waals surface area contributed by atoms with E-state index in [0.29, 0.717) is 19.3 Å². The first-order valence-corrected chi connectivity index (χ1v) is 9.04. The van der Waals surface area contributed by atoms with E-state index in [1.54, 1.807) is 0 Å². The molecule has 25 heavy (non-hydrogen) atoms. The number of carboxylic acids is 1. The Morgan fingerprint density at radius 3 is 2.68 bits per heavy atom. The molecule has 1 amide bonds. The number of aryl methyl sites for hydroxylation is 1. The minimum atomic E-state index is -0.775. The lowest BCUT2D eigenvalue weighted by molar-refractivity contribution is -0.146. The van der Waals surface area contributed by atoms with E-state index in [4.69, 9.17) is 10.1 Å². The van der Waals surface area contributed by atoms with E-state index in [9.17, 15) is 9.59 Å². The number of hydrogen-bond donors (Lipinski definition) is 2. The van der Waals surface area contributed by atoms with Crippen LogP contribution in [-0.4, -0.2) is 32.6 Å². The van der Waals surface area contributed by atoms with Crippen molar-refractivity contribution in [2.75, 3.05) is 0 Å². The summed E-state index contributed by atoms with van der Waals surface area (Å²) in [6.07, 6.45) is 3.49. The van der Waals surface area contributed by atoms with Gasteiger partial charge >= 0.3 is 5.97 Å². The van der Waals surface area contributed by atoms with Crippen LogP contribution in [0, 0.1) is 5.92 Å². The number of rotatable bonds is 7. The molecule has 1 heterocycles. The van der Waals surface area contributed by atoms with Crippen molar-refractivity contribution >= 4 is 22.9 Å². The maximum Gasteiger partial charge on any atom is 0.306 e. The minimum Gasteiger partial charge on any atom is -0.481 e. The number of hydrogen-bond acceptors (Lipinski definition) is 3. The fraction of sp³-hybridized carbons (Fsp3) is 0.526. The zero-order valence-corrected chi connectivity index (χ0v) is 14.7. The second kappa shape index (κ2) is 7.25. The summed E-state index contributed by atoms with van der Waals surface area (Å²) in [5, 5.41) is 12.0. The number of nitrogens with one attached hydrogen (secondary N) is 1. The third-order valence-corrected chi connectivity index (χ3v) is 4.98. The van der Waals surface area contributed by atoms with Crippen molar-refractivity contribution in [3.63, 3.8) is 0 Å². The molecule has 1 saturated carbocycles. The summed E-state index contributed by atoms with van der Waals surface area (Å²) in [5.41, 5.74) is 1.89. The van der Waals surface area contributed by atoms with E-state index in [0.717, 1.165) is 29.7 Å². The summed E-state index contributed by atoms with van der Waals surface area (Å²) in [6, 6.07) is 7.53. The van der Waals surface area contributed by atoms with Crippen molar-refractivity contribution < 1.29 is 14.7 Å². The van der Waals surface area contributed by atoms with Crippen LogP contribution in [0.4, 0.5) is 0 Å². The van der Waals surface area contributed by atoms with Gasteiger partial charge in [-0.05, 0) is 37.8 Å². The van der Waals surface area contributed by atoms with E-state index < -0.39 is 5.97 Å². The number of aliphatic carboxylic acids is 1. The van der Waals surface area contributed by atoms with E-state index in [2.05, 4.69) is 16.8 Å². The highest BCUT2D eigenvalue weighted by atomic mass is 16.4. The second-order valence-corrected chi connectivity index (χ2v) is 6.77. The van der Waals surface area contributed by atoms with Crippen LogP contribution in [0.1, 0.15) is 51.4 Å². The summed E-state index contributed by atoms with van der Waals surface area (Å²) in [7, 11) is 0. The molecule has 1 aromatic carbocycles. The number of imidazole rings is 1. The van der Waals surface area contributed by atoms with E-state index >= 15 is 0 Å². The molecule has 0 aliphatic heterocycles. The molecule has 0 bridgehead atoms. The van der Waals surface area contributed by atoms with E-state index in [-0.39, 0.29) is 23.9 Å². The Labute approximate surface area is 147 Å². The molecule has 1 unspecified atom stereocenters. The average Bonchev–Trinajstić information content (AvgIpc) is 2.90. The predicted octanol–water partition coefficient (Wildman–Crippen LogP) is 2.92. The largest absolute Gasteiger partial charge is 0.481 e. The number of para-hydroxylation sites is 2. The van der Waals surface area contributed by atoms with Crippen LogP contribution in [0.5, 0.6) is 0 Å². The highest BCUT2D eigenvalue weighted by Gasteiger charge is 2.36. The van der Waals surface area contributed by atoms with Crippen molar-refractivity contribution in [3.05, 3.63) is 30.1 Å². The molecule has 1 fully saturated rings. The van der Waals surface area contributed by atoms with Gasteiger partial charge in [0.25, 0.3) is 0 Å². The fourth-order valence-electron chi connectivity index (χ4n) is 3.56. The molecule has 6 heteroatoms. The van der Waals surface area contributed by atoms with Crippen molar-refractivity contribution in [3.8, 4) is 0 Å². The zero-order chi connectivity index (χ0) is 18.0. The summed E-state index contributed by atoms with van der Waals surface area (Å²) < 4.78 is 2.06. The van der Waals surface area contributed by atoms with E-state index in [1.807, 2.05) is 31.2 Å². The number of nitrogens with zero attached hydrogens (tertiary/aromatic N) is 2. The van der Waals surface area contributed by atoms with Crippen LogP contribution in [0.3, 0.4) is 0 Å². The predicted molar refractivity (Wildman–Crippen MR) is 95.3 cm³/mol. The molecule has 1 aliphatic carbocycles. The number of carbonyl (C=O) groups is 2. The zero-order valence-electron chi connectivity index (χ0n) is 14.7. The lowest BCUT2D eigenvalue weighted by Crippen LogP contribution is -2.48. The third kappa shape index (κ3) is 3.38. The van der Waals surface area contributed by atoms with Crippen LogP contribution in [0.2, 0.25) is 0 Å². The molecule has 3 rings (SSSR count). The highest BCUT2D eigenvalue weighted by Crippen LogP contribution is 2.29. The molecule has 1 aliphatic rings. The van der Waals surface area contributed by atoms with Crippen molar-refractivity contribution in [2.24, 2.45) is 5.92 Å². The first kappa shape index (κ1) is 17.5. The van der Waals surface area contributed by atoms with Gasteiger partial charge in [0, 0.05) is 12.5 Å². The van der Waals surface area contributed by atoms with E-state index in [1.165, 1.54) is 0 Å². The number of fused-ring (bicyclic) bond motifs is 1. The fourth-order valence-corrected chi connectivity index (χ4v) is 3.56. The topological polar surface area (TPSA) is 84.2 Å².